The minimum absolute atomic E-state index is 0.159. The number of anilines is 1. The van der Waals surface area contributed by atoms with Crippen LogP contribution in [0.3, 0.4) is 0 Å². The van der Waals surface area contributed by atoms with Crippen molar-refractivity contribution in [3.8, 4) is 0 Å². The van der Waals surface area contributed by atoms with E-state index in [1.165, 1.54) is 6.20 Å². The number of aromatic amines is 1. The lowest BCUT2D eigenvalue weighted by molar-refractivity contribution is 0.600. The average molecular weight is 280 g/mol. The van der Waals surface area contributed by atoms with Crippen molar-refractivity contribution in [3.05, 3.63) is 41.7 Å². The maximum absolute atomic E-state index is 12.2. The zero-order chi connectivity index (χ0) is 13.9. The number of benzene rings is 1. The zero-order valence-electron chi connectivity index (χ0n) is 10.8. The van der Waals surface area contributed by atoms with Crippen molar-refractivity contribution in [1.82, 2.24) is 15.5 Å². The van der Waals surface area contributed by atoms with Gasteiger partial charge in [0.2, 0.25) is 0 Å². The summed E-state index contributed by atoms with van der Waals surface area (Å²) >= 11 is 0. The molecule has 0 saturated carbocycles. The Kier molecular flexibility index (Phi) is 3.87. The van der Waals surface area contributed by atoms with E-state index in [1.54, 1.807) is 19.1 Å². The Bertz CT molecular complexity index is 664. The van der Waals surface area contributed by atoms with Crippen molar-refractivity contribution < 1.29 is 8.42 Å². The van der Waals surface area contributed by atoms with E-state index < -0.39 is 10.0 Å². The van der Waals surface area contributed by atoms with E-state index in [4.69, 9.17) is 0 Å². The third-order valence-electron chi connectivity index (χ3n) is 2.63. The van der Waals surface area contributed by atoms with Gasteiger partial charge < -0.3 is 5.32 Å². The highest BCUT2D eigenvalue weighted by Crippen LogP contribution is 2.18. The molecule has 0 unspecified atom stereocenters. The van der Waals surface area contributed by atoms with E-state index in [0.29, 0.717) is 17.9 Å². The van der Waals surface area contributed by atoms with Gasteiger partial charge in [0, 0.05) is 12.2 Å². The fourth-order valence-corrected chi connectivity index (χ4v) is 2.96. The van der Waals surface area contributed by atoms with E-state index in [0.717, 1.165) is 5.56 Å². The summed E-state index contributed by atoms with van der Waals surface area (Å²) in [5.41, 5.74) is 2.05. The maximum atomic E-state index is 12.2. The van der Waals surface area contributed by atoms with Crippen molar-refractivity contribution in [2.24, 2.45) is 0 Å². The van der Waals surface area contributed by atoms with E-state index in [-0.39, 0.29) is 4.90 Å². The van der Waals surface area contributed by atoms with Gasteiger partial charge in [0.1, 0.15) is 4.90 Å². The molecular weight excluding hydrogens is 264 g/mol. The van der Waals surface area contributed by atoms with Crippen LogP contribution in [0.25, 0.3) is 0 Å². The highest BCUT2D eigenvalue weighted by molar-refractivity contribution is 7.92. The monoisotopic (exact) mass is 280 g/mol. The number of H-pyrrole nitrogens is 1. The van der Waals surface area contributed by atoms with Crippen molar-refractivity contribution >= 4 is 15.7 Å². The molecule has 0 saturated heterocycles. The van der Waals surface area contributed by atoms with Crippen LogP contribution in [0.4, 0.5) is 5.69 Å². The molecule has 19 heavy (non-hydrogen) atoms. The molecule has 0 aliphatic carbocycles. The summed E-state index contributed by atoms with van der Waals surface area (Å²) in [5.74, 6) is 0. The first-order chi connectivity index (χ1) is 9.03. The normalized spacial score (nSPS) is 11.5. The van der Waals surface area contributed by atoms with Gasteiger partial charge in [-0.1, -0.05) is 12.1 Å². The number of nitrogens with zero attached hydrogens (tertiary/aromatic N) is 1. The highest BCUT2D eigenvalue weighted by atomic mass is 32.2. The van der Waals surface area contributed by atoms with Gasteiger partial charge in [-0.3, -0.25) is 9.82 Å². The minimum Gasteiger partial charge on any atom is -0.316 e. The minimum atomic E-state index is -3.60. The molecule has 6 nitrogen and oxygen atoms in total. The first-order valence-corrected chi connectivity index (χ1v) is 7.27. The largest absolute Gasteiger partial charge is 0.316 e. The second kappa shape index (κ2) is 5.41. The quantitative estimate of drug-likeness (QED) is 0.769. The molecule has 2 rings (SSSR count). The van der Waals surface area contributed by atoms with Crippen LogP contribution in [0.1, 0.15) is 11.3 Å². The lowest BCUT2D eigenvalue weighted by Gasteiger charge is -2.08. The van der Waals surface area contributed by atoms with Crippen LogP contribution >= 0.6 is 0 Å². The Balaban J connectivity index is 2.26. The topological polar surface area (TPSA) is 86.9 Å². The lowest BCUT2D eigenvalue weighted by Crippen LogP contribution is -2.14. The highest BCUT2D eigenvalue weighted by Gasteiger charge is 2.18. The van der Waals surface area contributed by atoms with Gasteiger partial charge in [0.15, 0.2) is 0 Å². The van der Waals surface area contributed by atoms with Gasteiger partial charge in [-0.25, -0.2) is 8.42 Å². The lowest BCUT2D eigenvalue weighted by atomic mass is 10.2. The SMILES string of the molecule is CNCc1cccc(NS(=O)(=O)c2cn[nH]c2C)c1. The molecule has 2 aromatic rings. The molecule has 7 heteroatoms. The van der Waals surface area contributed by atoms with Gasteiger partial charge in [-0.05, 0) is 31.7 Å². The van der Waals surface area contributed by atoms with Crippen molar-refractivity contribution in [2.45, 2.75) is 18.4 Å². The zero-order valence-corrected chi connectivity index (χ0v) is 11.6. The predicted octanol–water partition coefficient (Wildman–Crippen LogP) is 1.24. The molecule has 0 radical (unpaired) electrons. The van der Waals surface area contributed by atoms with E-state index in [1.807, 2.05) is 19.2 Å². The molecule has 1 aromatic carbocycles. The molecule has 102 valence electrons. The number of sulfonamides is 1. The van der Waals surface area contributed by atoms with Gasteiger partial charge in [-0.2, -0.15) is 5.10 Å². The van der Waals surface area contributed by atoms with Crippen LogP contribution in [0.2, 0.25) is 0 Å². The summed E-state index contributed by atoms with van der Waals surface area (Å²) in [6.45, 7) is 2.35. The van der Waals surface area contributed by atoms with Crippen molar-refractivity contribution in [1.29, 1.82) is 0 Å². The maximum Gasteiger partial charge on any atom is 0.265 e. The number of aromatic nitrogens is 2. The van der Waals surface area contributed by atoms with Crippen molar-refractivity contribution in [3.63, 3.8) is 0 Å². The molecule has 0 bridgehead atoms. The number of aryl methyl sites for hydroxylation is 1. The molecular formula is C12H16N4O2S. The van der Waals surface area contributed by atoms with E-state index in [9.17, 15) is 8.42 Å². The molecule has 0 aliphatic rings. The summed E-state index contributed by atoms with van der Waals surface area (Å²) in [6, 6.07) is 7.25. The van der Waals surface area contributed by atoms with Crippen LogP contribution in [-0.4, -0.2) is 25.7 Å². The molecule has 0 aliphatic heterocycles. The Morgan fingerprint density at radius 2 is 2.16 bits per heavy atom. The fraction of sp³-hybridized carbons (Fsp3) is 0.250. The third-order valence-corrected chi connectivity index (χ3v) is 4.13. The summed E-state index contributed by atoms with van der Waals surface area (Å²) in [4.78, 5) is 0.159. The molecule has 0 amide bonds. The molecule has 0 fully saturated rings. The van der Waals surface area contributed by atoms with Gasteiger partial charge in [0.25, 0.3) is 10.0 Å². The van der Waals surface area contributed by atoms with Crippen LogP contribution in [0.15, 0.2) is 35.4 Å². The first kappa shape index (κ1) is 13.6. The van der Waals surface area contributed by atoms with Crippen LogP contribution in [0, 0.1) is 6.92 Å². The van der Waals surface area contributed by atoms with Crippen LogP contribution in [0.5, 0.6) is 0 Å². The van der Waals surface area contributed by atoms with Gasteiger partial charge in [-0.15, -0.1) is 0 Å². The summed E-state index contributed by atoms with van der Waals surface area (Å²) < 4.78 is 26.9. The van der Waals surface area contributed by atoms with Crippen molar-refractivity contribution in [2.75, 3.05) is 11.8 Å². The first-order valence-electron chi connectivity index (χ1n) is 5.79. The van der Waals surface area contributed by atoms with Gasteiger partial charge >= 0.3 is 0 Å². The Labute approximate surface area is 112 Å². The second-order valence-electron chi connectivity index (χ2n) is 4.20. The van der Waals surface area contributed by atoms with Crippen LogP contribution < -0.4 is 10.0 Å². The van der Waals surface area contributed by atoms with Gasteiger partial charge in [0.05, 0.1) is 11.9 Å². The smallest absolute Gasteiger partial charge is 0.265 e. The molecule has 0 spiro atoms. The van der Waals surface area contributed by atoms with Crippen LogP contribution in [-0.2, 0) is 16.6 Å². The number of hydrogen-bond donors (Lipinski definition) is 3. The summed E-state index contributed by atoms with van der Waals surface area (Å²) in [6.07, 6.45) is 1.30. The Morgan fingerprint density at radius 1 is 1.37 bits per heavy atom. The average Bonchev–Trinajstić information content (AvgIpc) is 2.76. The standard InChI is InChI=1S/C12H16N4O2S/c1-9-12(8-14-15-9)19(17,18)16-11-5-3-4-10(6-11)7-13-2/h3-6,8,13,16H,7H2,1-2H3,(H,14,15). The summed E-state index contributed by atoms with van der Waals surface area (Å²) in [5, 5.41) is 9.35. The molecule has 3 N–H and O–H groups in total. The predicted molar refractivity (Wildman–Crippen MR) is 73.3 cm³/mol. The van der Waals surface area contributed by atoms with E-state index >= 15 is 0 Å². The Hall–Kier alpha value is -1.86. The number of rotatable bonds is 5. The van der Waals surface area contributed by atoms with E-state index in [2.05, 4.69) is 20.2 Å². The second-order valence-corrected chi connectivity index (χ2v) is 5.85. The number of hydrogen-bond acceptors (Lipinski definition) is 4. The summed E-state index contributed by atoms with van der Waals surface area (Å²) in [7, 11) is -1.76. The molecule has 1 heterocycles. The molecule has 1 aromatic heterocycles. The number of nitrogens with one attached hydrogen (secondary N) is 3. The third kappa shape index (κ3) is 3.12. The molecule has 0 atom stereocenters. The fourth-order valence-electron chi connectivity index (χ4n) is 1.77. The Morgan fingerprint density at radius 3 is 2.79 bits per heavy atom.